The molecule has 0 aliphatic rings. The fourth-order valence-corrected chi connectivity index (χ4v) is 2.26. The van der Waals surface area contributed by atoms with Gasteiger partial charge in [-0.25, -0.2) is 15.0 Å². The molecule has 0 saturated heterocycles. The maximum Gasteiger partial charge on any atom is 0.178 e. The van der Waals surface area contributed by atoms with Gasteiger partial charge >= 0.3 is 0 Å². The second-order valence-electron chi connectivity index (χ2n) is 5.07. The SMILES string of the molecule is COc1cc(C)ccc1N=C(c1ccccc1)c1ncccn1. The van der Waals surface area contributed by atoms with Gasteiger partial charge in [0, 0.05) is 18.0 Å². The smallest absolute Gasteiger partial charge is 0.178 e. The van der Waals surface area contributed by atoms with Crippen molar-refractivity contribution >= 4 is 11.4 Å². The molecule has 0 fully saturated rings. The monoisotopic (exact) mass is 303 g/mol. The van der Waals surface area contributed by atoms with Gasteiger partial charge in [0.15, 0.2) is 5.82 Å². The van der Waals surface area contributed by atoms with Crippen molar-refractivity contribution in [2.75, 3.05) is 7.11 Å². The van der Waals surface area contributed by atoms with Gasteiger partial charge in [0.2, 0.25) is 0 Å². The lowest BCUT2D eigenvalue weighted by Crippen LogP contribution is -2.07. The van der Waals surface area contributed by atoms with E-state index in [0.717, 1.165) is 22.6 Å². The maximum atomic E-state index is 5.45. The van der Waals surface area contributed by atoms with Gasteiger partial charge in [-0.05, 0) is 30.7 Å². The number of aromatic nitrogens is 2. The Morgan fingerprint density at radius 1 is 0.957 bits per heavy atom. The third kappa shape index (κ3) is 3.43. The van der Waals surface area contributed by atoms with Crippen LogP contribution >= 0.6 is 0 Å². The van der Waals surface area contributed by atoms with Crippen molar-refractivity contribution < 1.29 is 4.74 Å². The molecule has 0 amide bonds. The molecule has 0 aliphatic heterocycles. The van der Waals surface area contributed by atoms with Gasteiger partial charge in [0.1, 0.15) is 17.1 Å². The van der Waals surface area contributed by atoms with Gasteiger partial charge in [0.05, 0.1) is 7.11 Å². The first-order chi connectivity index (χ1) is 11.3. The molecular weight excluding hydrogens is 286 g/mol. The van der Waals surface area contributed by atoms with Crippen LogP contribution in [-0.4, -0.2) is 22.8 Å². The van der Waals surface area contributed by atoms with Crippen LogP contribution in [0, 0.1) is 6.92 Å². The first-order valence-corrected chi connectivity index (χ1v) is 7.34. The zero-order valence-corrected chi connectivity index (χ0v) is 13.1. The molecule has 0 unspecified atom stereocenters. The molecule has 0 N–H and O–H groups in total. The predicted molar refractivity (Wildman–Crippen MR) is 91.5 cm³/mol. The molecule has 2 aromatic carbocycles. The highest BCUT2D eigenvalue weighted by atomic mass is 16.5. The predicted octanol–water partition coefficient (Wildman–Crippen LogP) is 3.96. The van der Waals surface area contributed by atoms with Gasteiger partial charge in [-0.2, -0.15) is 0 Å². The number of aryl methyl sites for hydroxylation is 1. The third-order valence-corrected chi connectivity index (χ3v) is 3.39. The van der Waals surface area contributed by atoms with Crippen LogP contribution in [0.3, 0.4) is 0 Å². The average molecular weight is 303 g/mol. The van der Waals surface area contributed by atoms with E-state index in [4.69, 9.17) is 9.73 Å². The summed E-state index contributed by atoms with van der Waals surface area (Å²) >= 11 is 0. The summed E-state index contributed by atoms with van der Waals surface area (Å²) in [7, 11) is 1.65. The molecule has 0 atom stereocenters. The number of hydrogen-bond donors (Lipinski definition) is 0. The van der Waals surface area contributed by atoms with Gasteiger partial charge in [-0.1, -0.05) is 36.4 Å². The number of benzene rings is 2. The van der Waals surface area contributed by atoms with E-state index in [1.165, 1.54) is 0 Å². The zero-order valence-electron chi connectivity index (χ0n) is 13.1. The highest BCUT2D eigenvalue weighted by molar-refractivity contribution is 6.11. The Hall–Kier alpha value is -3.01. The summed E-state index contributed by atoms with van der Waals surface area (Å²) < 4.78 is 5.45. The second-order valence-corrected chi connectivity index (χ2v) is 5.07. The Balaban J connectivity index is 2.16. The Morgan fingerprint density at radius 2 is 1.70 bits per heavy atom. The van der Waals surface area contributed by atoms with E-state index in [1.807, 2.05) is 55.5 Å². The number of hydrogen-bond acceptors (Lipinski definition) is 4. The van der Waals surface area contributed by atoms with Gasteiger partial charge in [-0.15, -0.1) is 0 Å². The van der Waals surface area contributed by atoms with Gasteiger partial charge in [-0.3, -0.25) is 0 Å². The molecule has 3 rings (SSSR count). The summed E-state index contributed by atoms with van der Waals surface area (Å²) in [4.78, 5) is 13.5. The van der Waals surface area contributed by atoms with Crippen LogP contribution in [0.2, 0.25) is 0 Å². The highest BCUT2D eigenvalue weighted by Crippen LogP contribution is 2.29. The van der Waals surface area contributed by atoms with Crippen molar-refractivity contribution in [1.29, 1.82) is 0 Å². The quantitative estimate of drug-likeness (QED) is 0.685. The summed E-state index contributed by atoms with van der Waals surface area (Å²) in [5, 5.41) is 0. The summed E-state index contributed by atoms with van der Waals surface area (Å²) in [6, 6.07) is 17.6. The summed E-state index contributed by atoms with van der Waals surface area (Å²) in [6.07, 6.45) is 3.43. The molecule has 3 aromatic rings. The van der Waals surface area contributed by atoms with Crippen LogP contribution < -0.4 is 4.74 Å². The summed E-state index contributed by atoms with van der Waals surface area (Å²) in [5.41, 5.74) is 3.55. The first kappa shape index (κ1) is 14.9. The van der Waals surface area contributed by atoms with E-state index in [9.17, 15) is 0 Å². The minimum Gasteiger partial charge on any atom is -0.494 e. The largest absolute Gasteiger partial charge is 0.494 e. The molecule has 114 valence electrons. The van der Waals surface area contributed by atoms with E-state index in [1.54, 1.807) is 25.6 Å². The molecule has 0 radical (unpaired) electrons. The van der Waals surface area contributed by atoms with E-state index < -0.39 is 0 Å². The zero-order chi connectivity index (χ0) is 16.1. The molecule has 1 heterocycles. The van der Waals surface area contributed by atoms with Crippen molar-refractivity contribution in [1.82, 2.24) is 9.97 Å². The van der Waals surface area contributed by atoms with Crippen LogP contribution in [0.5, 0.6) is 5.75 Å². The second kappa shape index (κ2) is 6.83. The number of nitrogens with zero attached hydrogens (tertiary/aromatic N) is 3. The van der Waals surface area contributed by atoms with Crippen LogP contribution in [0.4, 0.5) is 5.69 Å². The Morgan fingerprint density at radius 3 is 2.39 bits per heavy atom. The minimum absolute atomic E-state index is 0.585. The molecule has 4 heteroatoms. The average Bonchev–Trinajstić information content (AvgIpc) is 2.62. The standard InChI is InChI=1S/C19H17N3O/c1-14-9-10-16(17(13-14)23-2)22-18(15-7-4-3-5-8-15)19-20-11-6-12-21-19/h3-13H,1-2H3. The van der Waals surface area contributed by atoms with Crippen molar-refractivity contribution in [3.05, 3.63) is 83.9 Å². The van der Waals surface area contributed by atoms with E-state index in [2.05, 4.69) is 9.97 Å². The van der Waals surface area contributed by atoms with E-state index in [0.29, 0.717) is 11.5 Å². The van der Waals surface area contributed by atoms with Crippen molar-refractivity contribution in [2.24, 2.45) is 4.99 Å². The topological polar surface area (TPSA) is 47.4 Å². The fraction of sp³-hybridized carbons (Fsp3) is 0.105. The minimum atomic E-state index is 0.585. The highest BCUT2D eigenvalue weighted by Gasteiger charge is 2.11. The lowest BCUT2D eigenvalue weighted by Gasteiger charge is -2.09. The Kier molecular flexibility index (Phi) is 4.43. The van der Waals surface area contributed by atoms with Gasteiger partial charge < -0.3 is 4.74 Å². The molecular formula is C19H17N3O. The van der Waals surface area contributed by atoms with Crippen LogP contribution in [0.25, 0.3) is 0 Å². The molecule has 0 spiro atoms. The van der Waals surface area contributed by atoms with Crippen LogP contribution in [0.1, 0.15) is 17.0 Å². The lowest BCUT2D eigenvalue weighted by molar-refractivity contribution is 0.416. The molecule has 23 heavy (non-hydrogen) atoms. The van der Waals surface area contributed by atoms with Crippen LogP contribution in [0.15, 0.2) is 72.0 Å². The third-order valence-electron chi connectivity index (χ3n) is 3.39. The van der Waals surface area contributed by atoms with E-state index in [-0.39, 0.29) is 0 Å². The van der Waals surface area contributed by atoms with Crippen molar-refractivity contribution in [3.63, 3.8) is 0 Å². The molecule has 0 bridgehead atoms. The normalized spacial score (nSPS) is 11.3. The summed E-state index contributed by atoms with van der Waals surface area (Å²) in [6.45, 7) is 2.02. The Labute approximate surface area is 135 Å². The van der Waals surface area contributed by atoms with Crippen LogP contribution in [-0.2, 0) is 0 Å². The first-order valence-electron chi connectivity index (χ1n) is 7.34. The van der Waals surface area contributed by atoms with E-state index >= 15 is 0 Å². The lowest BCUT2D eigenvalue weighted by atomic mass is 10.1. The number of ether oxygens (including phenoxy) is 1. The number of methoxy groups -OCH3 is 1. The molecule has 0 aliphatic carbocycles. The summed E-state index contributed by atoms with van der Waals surface area (Å²) in [5.74, 6) is 1.32. The molecule has 1 aromatic heterocycles. The Bertz CT molecular complexity index is 773. The molecule has 4 nitrogen and oxygen atoms in total. The van der Waals surface area contributed by atoms with Crippen molar-refractivity contribution in [3.8, 4) is 5.75 Å². The fourth-order valence-electron chi connectivity index (χ4n) is 2.26. The van der Waals surface area contributed by atoms with Crippen molar-refractivity contribution in [2.45, 2.75) is 6.92 Å². The molecule has 0 saturated carbocycles. The van der Waals surface area contributed by atoms with Gasteiger partial charge in [0.25, 0.3) is 0 Å². The number of rotatable bonds is 4. The maximum absolute atomic E-state index is 5.45. The number of aliphatic imine (C=N–C) groups is 1.